The molecule has 0 radical (unpaired) electrons. The summed E-state index contributed by atoms with van der Waals surface area (Å²) in [6, 6.07) is 5.31. The highest BCUT2D eigenvalue weighted by atomic mass is 35.5. The second-order valence-corrected chi connectivity index (χ2v) is 5.96. The van der Waals surface area contributed by atoms with Crippen LogP contribution in [0.25, 0.3) is 0 Å². The van der Waals surface area contributed by atoms with Crippen molar-refractivity contribution in [1.29, 1.82) is 0 Å². The molecule has 4 nitrogen and oxygen atoms in total. The van der Waals surface area contributed by atoms with E-state index in [0.29, 0.717) is 10.0 Å². The molecule has 2 atom stereocenters. The topological polar surface area (TPSA) is 49.4 Å². The Bertz CT molecular complexity index is 546. The Morgan fingerprint density at radius 3 is 2.65 bits per heavy atom. The first kappa shape index (κ1) is 15.1. The molecule has 0 aromatic heterocycles. The molecule has 2 rings (SSSR count). The number of hydrogen-bond acceptors (Lipinski definition) is 2. The van der Waals surface area contributed by atoms with Crippen LogP contribution in [0.5, 0.6) is 0 Å². The fraction of sp³-hybridized carbons (Fsp3) is 0.429. The first-order valence-corrected chi connectivity index (χ1v) is 7.08. The summed E-state index contributed by atoms with van der Waals surface area (Å²) in [6.45, 7) is 0.0312. The molecular formula is C14H16Cl2N2O2. The third-order valence-electron chi connectivity index (χ3n) is 3.40. The summed E-state index contributed by atoms with van der Waals surface area (Å²) in [7, 11) is 3.31. The van der Waals surface area contributed by atoms with Crippen molar-refractivity contribution in [3.05, 3.63) is 33.8 Å². The maximum absolute atomic E-state index is 11.9. The summed E-state index contributed by atoms with van der Waals surface area (Å²) < 4.78 is 0. The summed E-state index contributed by atoms with van der Waals surface area (Å²) in [4.78, 5) is 24.8. The second kappa shape index (κ2) is 6.02. The molecule has 1 aliphatic carbocycles. The number of carbonyl (C=O) groups excluding carboxylic acids is 2. The molecule has 1 N–H and O–H groups in total. The Morgan fingerprint density at radius 2 is 2.05 bits per heavy atom. The smallest absolute Gasteiger partial charge is 0.241 e. The van der Waals surface area contributed by atoms with Gasteiger partial charge in [0.25, 0.3) is 0 Å². The van der Waals surface area contributed by atoms with Gasteiger partial charge >= 0.3 is 0 Å². The number of likely N-dealkylation sites (N-methyl/N-ethyl adjacent to an activating group) is 1. The molecule has 6 heteroatoms. The van der Waals surface area contributed by atoms with E-state index >= 15 is 0 Å². The van der Waals surface area contributed by atoms with E-state index in [4.69, 9.17) is 23.2 Å². The highest BCUT2D eigenvalue weighted by Gasteiger charge is 2.44. The molecule has 1 aliphatic rings. The third kappa shape index (κ3) is 3.44. The van der Waals surface area contributed by atoms with Crippen molar-refractivity contribution in [3.8, 4) is 0 Å². The largest absolute Gasteiger partial charge is 0.347 e. The lowest BCUT2D eigenvalue weighted by Crippen LogP contribution is -2.37. The first-order chi connectivity index (χ1) is 9.40. The monoisotopic (exact) mass is 314 g/mol. The average Bonchev–Trinajstić information content (AvgIpc) is 3.15. The minimum Gasteiger partial charge on any atom is -0.347 e. The average molecular weight is 315 g/mol. The minimum absolute atomic E-state index is 0.0312. The Labute approximate surface area is 128 Å². The number of benzene rings is 1. The van der Waals surface area contributed by atoms with Crippen LogP contribution in [-0.2, 0) is 9.59 Å². The molecule has 1 fully saturated rings. The predicted octanol–water partition coefficient (Wildman–Crippen LogP) is 2.30. The van der Waals surface area contributed by atoms with Crippen LogP contribution in [0.1, 0.15) is 17.9 Å². The van der Waals surface area contributed by atoms with Gasteiger partial charge in [-0.05, 0) is 30.0 Å². The van der Waals surface area contributed by atoms with Gasteiger partial charge in [0.05, 0.1) is 6.54 Å². The van der Waals surface area contributed by atoms with Crippen molar-refractivity contribution in [3.63, 3.8) is 0 Å². The van der Waals surface area contributed by atoms with Crippen molar-refractivity contribution in [2.45, 2.75) is 12.3 Å². The molecule has 0 saturated heterocycles. The fourth-order valence-corrected chi connectivity index (χ4v) is 2.63. The molecule has 1 saturated carbocycles. The molecule has 0 heterocycles. The lowest BCUT2D eigenvalue weighted by atomic mass is 10.1. The van der Waals surface area contributed by atoms with Gasteiger partial charge in [0.15, 0.2) is 0 Å². The van der Waals surface area contributed by atoms with Crippen molar-refractivity contribution in [2.24, 2.45) is 5.92 Å². The van der Waals surface area contributed by atoms with Crippen molar-refractivity contribution in [1.82, 2.24) is 10.2 Å². The Morgan fingerprint density at radius 1 is 1.35 bits per heavy atom. The third-order valence-corrected chi connectivity index (χ3v) is 3.96. The summed E-state index contributed by atoms with van der Waals surface area (Å²) in [5, 5.41) is 3.82. The quantitative estimate of drug-likeness (QED) is 0.927. The van der Waals surface area contributed by atoms with Gasteiger partial charge < -0.3 is 10.2 Å². The van der Waals surface area contributed by atoms with Gasteiger partial charge in [-0.3, -0.25) is 9.59 Å². The Kier molecular flexibility index (Phi) is 4.55. The number of nitrogens with zero attached hydrogens (tertiary/aromatic N) is 1. The molecule has 0 spiro atoms. The van der Waals surface area contributed by atoms with Crippen molar-refractivity contribution in [2.75, 3.05) is 20.6 Å². The predicted molar refractivity (Wildman–Crippen MR) is 79.0 cm³/mol. The van der Waals surface area contributed by atoms with Gasteiger partial charge in [0, 0.05) is 30.1 Å². The minimum atomic E-state index is -0.125. The number of nitrogens with one attached hydrogen (secondary N) is 1. The van der Waals surface area contributed by atoms with Gasteiger partial charge in [-0.15, -0.1) is 0 Å². The van der Waals surface area contributed by atoms with Gasteiger partial charge in [-0.1, -0.05) is 29.3 Å². The molecule has 20 heavy (non-hydrogen) atoms. The standard InChI is InChI=1S/C14H16Cl2N2O2/c1-18(2)13(19)7-17-14(20)11-6-10(11)9-4-3-8(15)5-12(9)16/h3-5,10-11H,6-7H2,1-2H3,(H,17,20)/t10-,11+/m1/s1. The zero-order valence-corrected chi connectivity index (χ0v) is 12.8. The number of hydrogen-bond donors (Lipinski definition) is 1. The molecule has 0 aliphatic heterocycles. The Balaban J connectivity index is 1.91. The second-order valence-electron chi connectivity index (χ2n) is 5.12. The van der Waals surface area contributed by atoms with E-state index in [1.807, 2.05) is 6.07 Å². The van der Waals surface area contributed by atoms with Crippen LogP contribution < -0.4 is 5.32 Å². The van der Waals surface area contributed by atoms with Crippen LogP contribution >= 0.6 is 23.2 Å². The molecule has 1 aromatic rings. The van der Waals surface area contributed by atoms with Crippen LogP contribution in [0.15, 0.2) is 18.2 Å². The number of amides is 2. The maximum atomic E-state index is 11.9. The SMILES string of the molecule is CN(C)C(=O)CNC(=O)[C@H]1C[C@@H]1c1ccc(Cl)cc1Cl. The van der Waals surface area contributed by atoms with Gasteiger partial charge in [0.1, 0.15) is 0 Å². The molecule has 0 unspecified atom stereocenters. The number of carbonyl (C=O) groups is 2. The first-order valence-electron chi connectivity index (χ1n) is 6.33. The lowest BCUT2D eigenvalue weighted by molar-refractivity contribution is -0.131. The molecule has 0 bridgehead atoms. The van der Waals surface area contributed by atoms with E-state index in [0.717, 1.165) is 12.0 Å². The van der Waals surface area contributed by atoms with E-state index in [1.54, 1.807) is 26.2 Å². The van der Waals surface area contributed by atoms with Crippen LogP contribution in [-0.4, -0.2) is 37.4 Å². The molecule has 2 amide bonds. The Hall–Kier alpha value is -1.26. The lowest BCUT2D eigenvalue weighted by Gasteiger charge is -2.11. The molecule has 1 aromatic carbocycles. The van der Waals surface area contributed by atoms with E-state index in [9.17, 15) is 9.59 Å². The van der Waals surface area contributed by atoms with E-state index in [1.165, 1.54) is 4.90 Å². The summed E-state index contributed by atoms with van der Waals surface area (Å²) in [5.74, 6) is -0.214. The van der Waals surface area contributed by atoms with Crippen LogP contribution in [0, 0.1) is 5.92 Å². The van der Waals surface area contributed by atoms with Crippen LogP contribution in [0.2, 0.25) is 10.0 Å². The maximum Gasteiger partial charge on any atom is 0.241 e. The zero-order valence-electron chi connectivity index (χ0n) is 11.3. The van der Waals surface area contributed by atoms with Crippen molar-refractivity contribution >= 4 is 35.0 Å². The highest BCUT2D eigenvalue weighted by Crippen LogP contribution is 2.49. The van der Waals surface area contributed by atoms with Gasteiger partial charge in [-0.25, -0.2) is 0 Å². The van der Waals surface area contributed by atoms with Crippen molar-refractivity contribution < 1.29 is 9.59 Å². The number of rotatable bonds is 4. The van der Waals surface area contributed by atoms with E-state index in [2.05, 4.69) is 5.32 Å². The summed E-state index contributed by atoms with van der Waals surface area (Å²) in [6.07, 6.45) is 0.753. The fourth-order valence-electron chi connectivity index (χ4n) is 2.08. The molecule has 108 valence electrons. The van der Waals surface area contributed by atoms with Gasteiger partial charge in [0.2, 0.25) is 11.8 Å². The van der Waals surface area contributed by atoms with Gasteiger partial charge in [-0.2, -0.15) is 0 Å². The van der Waals surface area contributed by atoms with E-state index in [-0.39, 0.29) is 30.2 Å². The van der Waals surface area contributed by atoms with Crippen LogP contribution in [0.4, 0.5) is 0 Å². The number of halogens is 2. The summed E-state index contributed by atoms with van der Waals surface area (Å²) >= 11 is 12.0. The summed E-state index contributed by atoms with van der Waals surface area (Å²) in [5.41, 5.74) is 0.940. The van der Waals surface area contributed by atoms with Crippen LogP contribution in [0.3, 0.4) is 0 Å². The molecular weight excluding hydrogens is 299 g/mol. The van der Waals surface area contributed by atoms with E-state index < -0.39 is 0 Å². The normalized spacial score (nSPS) is 20.4. The highest BCUT2D eigenvalue weighted by molar-refractivity contribution is 6.35. The zero-order chi connectivity index (χ0) is 14.9.